The van der Waals surface area contributed by atoms with Gasteiger partial charge in [-0.05, 0) is 57.2 Å². The smallest absolute Gasteiger partial charge is 0.344 e. The fourth-order valence-electron chi connectivity index (χ4n) is 2.73. The van der Waals surface area contributed by atoms with E-state index >= 15 is 0 Å². The Morgan fingerprint density at radius 3 is 2.62 bits per heavy atom. The number of carbonyl (C=O) groups is 2. The van der Waals surface area contributed by atoms with Gasteiger partial charge in [-0.1, -0.05) is 15.9 Å². The van der Waals surface area contributed by atoms with E-state index in [2.05, 4.69) is 15.9 Å². The summed E-state index contributed by atoms with van der Waals surface area (Å²) in [5.74, 6) is 0.869. The summed E-state index contributed by atoms with van der Waals surface area (Å²) in [5, 5.41) is 0. The molecule has 0 radical (unpaired) electrons. The molecule has 0 spiro atoms. The van der Waals surface area contributed by atoms with Crippen molar-refractivity contribution in [3.8, 4) is 17.2 Å². The van der Waals surface area contributed by atoms with E-state index in [1.807, 2.05) is 12.1 Å². The number of ether oxygens (including phenoxy) is 4. The first-order valence-electron chi connectivity index (χ1n) is 8.93. The van der Waals surface area contributed by atoms with E-state index in [-0.39, 0.29) is 18.1 Å². The topological polar surface area (TPSA) is 71.1 Å². The van der Waals surface area contributed by atoms with Crippen LogP contribution in [0.25, 0.3) is 6.08 Å². The van der Waals surface area contributed by atoms with Crippen molar-refractivity contribution in [3.05, 3.63) is 57.8 Å². The first-order valence-corrected chi connectivity index (χ1v) is 9.72. The van der Waals surface area contributed by atoms with Gasteiger partial charge in [-0.3, -0.25) is 4.79 Å². The molecular formula is C22H21BrO6. The van der Waals surface area contributed by atoms with Crippen LogP contribution in [0.15, 0.2) is 46.6 Å². The first kappa shape index (κ1) is 20.9. The zero-order valence-corrected chi connectivity index (χ0v) is 18.2. The van der Waals surface area contributed by atoms with Crippen LogP contribution in [0.5, 0.6) is 17.2 Å². The fourth-order valence-corrected chi connectivity index (χ4v) is 3.11. The molecule has 6 nitrogen and oxygen atoms in total. The third kappa shape index (κ3) is 5.17. The Labute approximate surface area is 177 Å². The summed E-state index contributed by atoms with van der Waals surface area (Å²) in [4.78, 5) is 24.5. The van der Waals surface area contributed by atoms with Gasteiger partial charge in [0.25, 0.3) is 0 Å². The van der Waals surface area contributed by atoms with Crippen molar-refractivity contribution >= 4 is 33.8 Å². The maximum Gasteiger partial charge on any atom is 0.344 e. The van der Waals surface area contributed by atoms with E-state index in [0.29, 0.717) is 28.4 Å². The summed E-state index contributed by atoms with van der Waals surface area (Å²) >= 11 is 3.41. The number of ketones is 1. The van der Waals surface area contributed by atoms with Crippen molar-refractivity contribution in [2.24, 2.45) is 0 Å². The molecule has 0 unspecified atom stereocenters. The molecule has 3 rings (SSSR count). The molecule has 7 heteroatoms. The van der Waals surface area contributed by atoms with Crippen LogP contribution in [-0.2, 0) is 9.53 Å². The van der Waals surface area contributed by atoms with Crippen LogP contribution in [0, 0.1) is 0 Å². The normalized spacial score (nSPS) is 14.4. The number of rotatable bonds is 5. The van der Waals surface area contributed by atoms with Gasteiger partial charge in [0.2, 0.25) is 5.78 Å². The lowest BCUT2D eigenvalue weighted by Crippen LogP contribution is -2.27. The molecule has 0 aromatic heterocycles. The van der Waals surface area contributed by atoms with Crippen LogP contribution in [0.2, 0.25) is 0 Å². The number of benzene rings is 2. The molecule has 0 fully saturated rings. The molecule has 0 aliphatic carbocycles. The lowest BCUT2D eigenvalue weighted by Gasteiger charge is -2.19. The van der Waals surface area contributed by atoms with E-state index in [4.69, 9.17) is 18.9 Å². The van der Waals surface area contributed by atoms with Crippen molar-refractivity contribution in [2.75, 3.05) is 13.7 Å². The van der Waals surface area contributed by atoms with Gasteiger partial charge in [-0.2, -0.15) is 0 Å². The molecule has 0 saturated carbocycles. The second-order valence-electron chi connectivity index (χ2n) is 7.36. The van der Waals surface area contributed by atoms with Crippen LogP contribution >= 0.6 is 15.9 Å². The highest BCUT2D eigenvalue weighted by molar-refractivity contribution is 9.10. The maximum absolute atomic E-state index is 12.7. The summed E-state index contributed by atoms with van der Waals surface area (Å²) < 4.78 is 22.6. The van der Waals surface area contributed by atoms with Crippen LogP contribution < -0.4 is 14.2 Å². The van der Waals surface area contributed by atoms with Crippen molar-refractivity contribution in [2.45, 2.75) is 26.4 Å². The number of allylic oxidation sites excluding steroid dienone is 1. The minimum atomic E-state index is -0.582. The number of methoxy groups -OCH3 is 1. The van der Waals surface area contributed by atoms with Crippen LogP contribution in [0.4, 0.5) is 0 Å². The van der Waals surface area contributed by atoms with E-state index in [1.54, 1.807) is 58.2 Å². The van der Waals surface area contributed by atoms with Gasteiger partial charge in [-0.15, -0.1) is 0 Å². The molecular weight excluding hydrogens is 440 g/mol. The van der Waals surface area contributed by atoms with Crippen molar-refractivity contribution in [1.29, 1.82) is 0 Å². The summed E-state index contributed by atoms with van der Waals surface area (Å²) in [6.07, 6.45) is 1.63. The van der Waals surface area contributed by atoms with E-state index < -0.39 is 11.6 Å². The van der Waals surface area contributed by atoms with Gasteiger partial charge >= 0.3 is 5.97 Å². The zero-order chi connectivity index (χ0) is 21.2. The number of hydrogen-bond donors (Lipinski definition) is 0. The van der Waals surface area contributed by atoms with E-state index in [0.717, 1.165) is 4.47 Å². The first-order chi connectivity index (χ1) is 13.7. The standard InChI is InChI=1S/C22H21BrO6/c1-22(2,3)29-20(24)12-27-15-6-7-16-18(11-15)28-19(21(16)25)10-13-9-14(23)5-8-17(13)26-4/h5-11H,12H2,1-4H3. The quantitative estimate of drug-likeness (QED) is 0.471. The van der Waals surface area contributed by atoms with E-state index in [9.17, 15) is 9.59 Å². The number of esters is 1. The molecule has 2 aromatic carbocycles. The highest BCUT2D eigenvalue weighted by Gasteiger charge is 2.28. The molecule has 0 saturated heterocycles. The SMILES string of the molecule is COc1ccc(Br)cc1C=C1Oc2cc(OCC(=O)OC(C)(C)C)ccc2C1=O. The Morgan fingerprint density at radius 2 is 1.93 bits per heavy atom. The third-order valence-electron chi connectivity index (χ3n) is 3.90. The Hall–Kier alpha value is -2.80. The van der Waals surface area contributed by atoms with Gasteiger partial charge in [0.05, 0.1) is 12.7 Å². The highest BCUT2D eigenvalue weighted by Crippen LogP contribution is 2.36. The number of halogens is 1. The Balaban J connectivity index is 1.76. The minimum Gasteiger partial charge on any atom is -0.496 e. The monoisotopic (exact) mass is 460 g/mol. The second kappa shape index (κ2) is 8.29. The average Bonchev–Trinajstić information content (AvgIpc) is 2.94. The predicted molar refractivity (Wildman–Crippen MR) is 111 cm³/mol. The molecule has 0 atom stereocenters. The fraction of sp³-hybridized carbons (Fsp3) is 0.273. The van der Waals surface area contributed by atoms with Crippen molar-refractivity contribution < 1.29 is 28.5 Å². The highest BCUT2D eigenvalue weighted by atomic mass is 79.9. The van der Waals surface area contributed by atoms with Crippen LogP contribution in [0.3, 0.4) is 0 Å². The third-order valence-corrected chi connectivity index (χ3v) is 4.39. The molecule has 1 heterocycles. The molecule has 2 aromatic rings. The maximum atomic E-state index is 12.7. The average molecular weight is 461 g/mol. The van der Waals surface area contributed by atoms with Gasteiger partial charge in [0.15, 0.2) is 12.4 Å². The molecule has 1 aliphatic heterocycles. The number of carbonyl (C=O) groups excluding carboxylic acids is 2. The summed E-state index contributed by atoms with van der Waals surface area (Å²) in [6.45, 7) is 5.12. The molecule has 0 N–H and O–H groups in total. The molecule has 29 heavy (non-hydrogen) atoms. The van der Waals surface area contributed by atoms with Gasteiger partial charge < -0.3 is 18.9 Å². The van der Waals surface area contributed by atoms with Crippen LogP contribution in [-0.4, -0.2) is 31.1 Å². The van der Waals surface area contributed by atoms with E-state index in [1.165, 1.54) is 0 Å². The molecule has 0 amide bonds. The second-order valence-corrected chi connectivity index (χ2v) is 8.27. The molecule has 152 valence electrons. The van der Waals surface area contributed by atoms with Gasteiger partial charge in [0, 0.05) is 16.1 Å². The van der Waals surface area contributed by atoms with Gasteiger partial charge in [0.1, 0.15) is 22.8 Å². The molecule has 0 bridgehead atoms. The summed E-state index contributed by atoms with van der Waals surface area (Å²) in [7, 11) is 1.56. The Morgan fingerprint density at radius 1 is 1.17 bits per heavy atom. The lowest BCUT2D eigenvalue weighted by molar-refractivity contribution is -0.157. The zero-order valence-electron chi connectivity index (χ0n) is 16.6. The Bertz CT molecular complexity index is 987. The summed E-state index contributed by atoms with van der Waals surface area (Å²) in [6, 6.07) is 10.3. The van der Waals surface area contributed by atoms with Gasteiger partial charge in [-0.25, -0.2) is 4.79 Å². The Kier molecular flexibility index (Phi) is 5.98. The molecule has 1 aliphatic rings. The number of Topliss-reactive ketones (excluding diaryl/α,β-unsaturated/α-hetero) is 1. The predicted octanol–water partition coefficient (Wildman–Crippen LogP) is 4.79. The van der Waals surface area contributed by atoms with Crippen molar-refractivity contribution in [3.63, 3.8) is 0 Å². The largest absolute Gasteiger partial charge is 0.496 e. The number of fused-ring (bicyclic) bond motifs is 1. The number of hydrogen-bond acceptors (Lipinski definition) is 6. The van der Waals surface area contributed by atoms with Crippen LogP contribution in [0.1, 0.15) is 36.7 Å². The lowest BCUT2D eigenvalue weighted by atomic mass is 10.1. The van der Waals surface area contributed by atoms with Crippen molar-refractivity contribution in [1.82, 2.24) is 0 Å². The summed E-state index contributed by atoms with van der Waals surface area (Å²) in [5.41, 5.74) is 0.551. The minimum absolute atomic E-state index is 0.181.